The van der Waals surface area contributed by atoms with Crippen molar-refractivity contribution in [2.24, 2.45) is 0 Å². The topological polar surface area (TPSA) is 35.8 Å². The normalized spacial score (nSPS) is 10.1. The predicted molar refractivity (Wildman–Crippen MR) is 68.1 cm³/mol. The molecule has 1 heterocycles. The number of unbranched alkanes of at least 4 members (excludes halogenated alkanes) is 2. The minimum Gasteiger partial charge on any atom is -0.316 e. The largest absolute Gasteiger partial charge is 0.316 e. The second-order valence-electron chi connectivity index (χ2n) is 3.32. The Hall–Kier alpha value is -0.370. The number of nitrogens with zero attached hydrogens (tertiary/aromatic N) is 1. The van der Waals surface area contributed by atoms with Crippen molar-refractivity contribution in [1.82, 2.24) is 5.32 Å². The Bertz CT molecular complexity index is 317. The number of nitriles is 1. The number of nitrogens with one attached hydrogen (secondary N) is 1. The molecule has 2 nitrogen and oxygen atoms in total. The highest BCUT2D eigenvalue weighted by molar-refractivity contribution is 9.11. The number of hydrogen-bond donors (Lipinski definition) is 1. The summed E-state index contributed by atoms with van der Waals surface area (Å²) in [6.07, 6.45) is 3.88. The lowest BCUT2D eigenvalue weighted by molar-refractivity contribution is 0.630. The Kier molecular flexibility index (Phi) is 6.66. The highest BCUT2D eigenvalue weighted by atomic mass is 79.9. The summed E-state index contributed by atoms with van der Waals surface area (Å²) in [5.41, 5.74) is 0. The van der Waals surface area contributed by atoms with Crippen LogP contribution in [0.3, 0.4) is 0 Å². The third-order valence-electron chi connectivity index (χ3n) is 2.07. The summed E-state index contributed by atoms with van der Waals surface area (Å²) in [6, 6.07) is 6.40. The van der Waals surface area contributed by atoms with Gasteiger partial charge in [0.2, 0.25) is 0 Å². The van der Waals surface area contributed by atoms with Gasteiger partial charge >= 0.3 is 0 Å². The lowest BCUT2D eigenvalue weighted by atomic mass is 10.2. The van der Waals surface area contributed by atoms with E-state index in [0.29, 0.717) is 6.42 Å². The van der Waals surface area contributed by atoms with Gasteiger partial charge in [0, 0.05) is 11.3 Å². The second kappa shape index (κ2) is 7.86. The molecule has 0 atom stereocenters. The lowest BCUT2D eigenvalue weighted by Gasteiger charge is -2.01. The van der Waals surface area contributed by atoms with Crippen LogP contribution in [0.4, 0.5) is 0 Å². The third kappa shape index (κ3) is 5.93. The first-order valence-corrected chi connectivity index (χ1v) is 6.76. The van der Waals surface area contributed by atoms with E-state index in [-0.39, 0.29) is 0 Å². The quantitative estimate of drug-likeness (QED) is 0.781. The molecule has 0 aliphatic carbocycles. The lowest BCUT2D eigenvalue weighted by Crippen LogP contribution is -2.18. The highest BCUT2D eigenvalue weighted by Gasteiger charge is 1.96. The molecule has 15 heavy (non-hydrogen) atoms. The summed E-state index contributed by atoms with van der Waals surface area (Å²) in [6.45, 7) is 2.05. The maximum absolute atomic E-state index is 8.35. The van der Waals surface area contributed by atoms with E-state index < -0.39 is 0 Å². The molecule has 1 rings (SSSR count). The zero-order chi connectivity index (χ0) is 10.9. The zero-order valence-electron chi connectivity index (χ0n) is 8.63. The SMILES string of the molecule is N#CCCCCNCCc1ccc(Br)s1. The Balaban J connectivity index is 1.96. The van der Waals surface area contributed by atoms with Crippen LogP contribution in [0.15, 0.2) is 15.9 Å². The number of thiophene rings is 1. The van der Waals surface area contributed by atoms with Crippen molar-refractivity contribution in [1.29, 1.82) is 5.26 Å². The Labute approximate surface area is 103 Å². The Morgan fingerprint density at radius 3 is 2.87 bits per heavy atom. The molecule has 0 unspecified atom stereocenters. The number of halogens is 1. The summed E-state index contributed by atoms with van der Waals surface area (Å²) in [7, 11) is 0. The van der Waals surface area contributed by atoms with Crippen LogP contribution in [0.5, 0.6) is 0 Å². The molecule has 1 N–H and O–H groups in total. The van der Waals surface area contributed by atoms with Gasteiger partial charge in [0.25, 0.3) is 0 Å². The van der Waals surface area contributed by atoms with Crippen molar-refractivity contribution >= 4 is 27.3 Å². The van der Waals surface area contributed by atoms with E-state index in [1.54, 1.807) is 11.3 Å². The molecule has 0 saturated heterocycles. The van der Waals surface area contributed by atoms with Crippen LogP contribution < -0.4 is 5.32 Å². The minimum atomic E-state index is 0.680. The van der Waals surface area contributed by atoms with Gasteiger partial charge in [-0.15, -0.1) is 11.3 Å². The molecule has 0 amide bonds. The fraction of sp³-hybridized carbons (Fsp3) is 0.545. The van der Waals surface area contributed by atoms with E-state index in [1.165, 1.54) is 8.66 Å². The molecule has 0 saturated carbocycles. The van der Waals surface area contributed by atoms with Crippen LogP contribution in [0.1, 0.15) is 24.1 Å². The molecule has 0 radical (unpaired) electrons. The van der Waals surface area contributed by atoms with Crippen molar-refractivity contribution in [3.8, 4) is 6.07 Å². The van der Waals surface area contributed by atoms with Crippen molar-refractivity contribution in [2.75, 3.05) is 13.1 Å². The van der Waals surface area contributed by atoms with Gasteiger partial charge in [0.15, 0.2) is 0 Å². The molecule has 4 heteroatoms. The highest BCUT2D eigenvalue weighted by Crippen LogP contribution is 2.21. The van der Waals surface area contributed by atoms with Gasteiger partial charge in [0.05, 0.1) is 9.86 Å². The smallest absolute Gasteiger partial charge is 0.0701 e. The third-order valence-corrected chi connectivity index (χ3v) is 3.75. The maximum Gasteiger partial charge on any atom is 0.0701 e. The summed E-state index contributed by atoms with van der Waals surface area (Å²) >= 11 is 5.24. The molecular formula is C11H15BrN2S. The summed E-state index contributed by atoms with van der Waals surface area (Å²) in [5.74, 6) is 0. The molecule has 1 aromatic heterocycles. The van der Waals surface area contributed by atoms with E-state index in [9.17, 15) is 0 Å². The van der Waals surface area contributed by atoms with E-state index in [0.717, 1.165) is 32.4 Å². The number of hydrogen-bond acceptors (Lipinski definition) is 3. The minimum absolute atomic E-state index is 0.680. The first kappa shape index (κ1) is 12.7. The van der Waals surface area contributed by atoms with Crippen LogP contribution in [-0.4, -0.2) is 13.1 Å². The molecule has 0 spiro atoms. The van der Waals surface area contributed by atoms with Crippen molar-refractivity contribution in [3.63, 3.8) is 0 Å². The van der Waals surface area contributed by atoms with Crippen LogP contribution in [-0.2, 0) is 6.42 Å². The molecule has 82 valence electrons. The molecule has 0 bridgehead atoms. The standard InChI is InChI=1S/C11H15BrN2S/c12-11-5-4-10(15-11)6-9-14-8-3-1-2-7-13/h4-5,14H,1-3,6,8-9H2. The molecule has 0 fully saturated rings. The van der Waals surface area contributed by atoms with Crippen molar-refractivity contribution in [2.45, 2.75) is 25.7 Å². The molecule has 0 aromatic carbocycles. The van der Waals surface area contributed by atoms with E-state index in [1.807, 2.05) is 0 Å². The summed E-state index contributed by atoms with van der Waals surface area (Å²) in [4.78, 5) is 1.41. The first-order valence-electron chi connectivity index (χ1n) is 5.15. The summed E-state index contributed by atoms with van der Waals surface area (Å²) in [5, 5.41) is 11.7. The van der Waals surface area contributed by atoms with E-state index >= 15 is 0 Å². The van der Waals surface area contributed by atoms with Crippen LogP contribution in [0.2, 0.25) is 0 Å². The predicted octanol–water partition coefficient (Wildman–Crippen LogP) is 3.34. The van der Waals surface area contributed by atoms with E-state index in [4.69, 9.17) is 5.26 Å². The van der Waals surface area contributed by atoms with Gasteiger partial charge in [-0.05, 0) is 60.4 Å². The summed E-state index contributed by atoms with van der Waals surface area (Å²) < 4.78 is 1.20. The second-order valence-corrected chi connectivity index (χ2v) is 5.87. The van der Waals surface area contributed by atoms with Crippen molar-refractivity contribution < 1.29 is 0 Å². The first-order chi connectivity index (χ1) is 7.33. The van der Waals surface area contributed by atoms with Crippen molar-refractivity contribution in [3.05, 3.63) is 20.8 Å². The zero-order valence-corrected chi connectivity index (χ0v) is 11.0. The fourth-order valence-corrected chi connectivity index (χ4v) is 2.76. The molecule has 1 aromatic rings. The number of rotatable bonds is 7. The molecular weight excluding hydrogens is 272 g/mol. The maximum atomic E-state index is 8.35. The Morgan fingerprint density at radius 1 is 1.33 bits per heavy atom. The van der Waals surface area contributed by atoms with Gasteiger partial charge < -0.3 is 5.32 Å². The van der Waals surface area contributed by atoms with Gasteiger partial charge in [-0.25, -0.2) is 0 Å². The van der Waals surface area contributed by atoms with Gasteiger partial charge in [-0.3, -0.25) is 0 Å². The average Bonchev–Trinajstić information content (AvgIpc) is 2.63. The molecule has 0 aliphatic heterocycles. The van der Waals surface area contributed by atoms with Crippen LogP contribution in [0.25, 0.3) is 0 Å². The average molecular weight is 287 g/mol. The monoisotopic (exact) mass is 286 g/mol. The van der Waals surface area contributed by atoms with Gasteiger partial charge in [-0.2, -0.15) is 5.26 Å². The fourth-order valence-electron chi connectivity index (χ4n) is 1.28. The molecule has 0 aliphatic rings. The van der Waals surface area contributed by atoms with Gasteiger partial charge in [0.1, 0.15) is 0 Å². The van der Waals surface area contributed by atoms with E-state index in [2.05, 4.69) is 39.4 Å². The van der Waals surface area contributed by atoms with Crippen LogP contribution >= 0.6 is 27.3 Å². The Morgan fingerprint density at radius 2 is 2.20 bits per heavy atom. The van der Waals surface area contributed by atoms with Crippen LogP contribution in [0, 0.1) is 11.3 Å². The van der Waals surface area contributed by atoms with Gasteiger partial charge in [-0.1, -0.05) is 0 Å².